The van der Waals surface area contributed by atoms with Crippen molar-refractivity contribution in [2.75, 3.05) is 6.61 Å². The second kappa shape index (κ2) is 8.31. The lowest BCUT2D eigenvalue weighted by Crippen LogP contribution is -2.21. The van der Waals surface area contributed by atoms with Crippen molar-refractivity contribution < 1.29 is 19.0 Å². The van der Waals surface area contributed by atoms with Crippen LogP contribution in [-0.4, -0.2) is 12.6 Å². The molecule has 3 aromatic rings. The Kier molecular flexibility index (Phi) is 5.42. The predicted molar refractivity (Wildman–Crippen MR) is 112 cm³/mol. The highest BCUT2D eigenvalue weighted by molar-refractivity contribution is 7.10. The van der Waals surface area contributed by atoms with Crippen LogP contribution in [-0.2, 0) is 4.79 Å². The lowest BCUT2D eigenvalue weighted by Gasteiger charge is -2.25. The topological polar surface area (TPSA) is 94.6 Å². The predicted octanol–water partition coefficient (Wildman–Crippen LogP) is 4.26. The van der Waals surface area contributed by atoms with Crippen LogP contribution < -0.4 is 19.9 Å². The van der Waals surface area contributed by atoms with Gasteiger partial charge in [-0.05, 0) is 36.6 Å². The first-order chi connectivity index (χ1) is 14.5. The maximum atomic E-state index is 12.2. The summed E-state index contributed by atoms with van der Waals surface area (Å²) >= 11 is 1.54. The molecule has 30 heavy (non-hydrogen) atoms. The third kappa shape index (κ3) is 4.00. The monoisotopic (exact) mass is 418 g/mol. The van der Waals surface area contributed by atoms with Gasteiger partial charge in [-0.1, -0.05) is 29.8 Å². The van der Waals surface area contributed by atoms with Gasteiger partial charge < -0.3 is 19.9 Å². The fraction of sp³-hybridized carbons (Fsp3) is 0.130. The summed E-state index contributed by atoms with van der Waals surface area (Å²) in [6, 6.07) is 18.5. The van der Waals surface area contributed by atoms with Gasteiger partial charge >= 0.3 is 5.97 Å². The minimum atomic E-state index is -0.539. The molecule has 2 heterocycles. The number of allylic oxidation sites excluding steroid dienone is 1. The molecule has 6 nitrogen and oxygen atoms in total. The van der Waals surface area contributed by atoms with Crippen molar-refractivity contribution in [3.05, 3.63) is 87.4 Å². The zero-order chi connectivity index (χ0) is 21.1. The van der Waals surface area contributed by atoms with Gasteiger partial charge in [0.1, 0.15) is 28.9 Å². The molecule has 1 atom stereocenters. The Bertz CT molecular complexity index is 1140. The SMILES string of the molecule is Cc1ccc(OCC(=O)Oc2ccc3c(c2)OC(N)=C(C#N)C3c2cccs2)cc1. The summed E-state index contributed by atoms with van der Waals surface area (Å²) in [4.78, 5) is 13.2. The number of thiophene rings is 1. The van der Waals surface area contributed by atoms with Gasteiger partial charge in [0, 0.05) is 16.5 Å². The lowest BCUT2D eigenvalue weighted by molar-refractivity contribution is -0.136. The normalized spacial score (nSPS) is 15.0. The maximum absolute atomic E-state index is 12.2. The van der Waals surface area contributed by atoms with Crippen LogP contribution in [0.5, 0.6) is 17.2 Å². The molecule has 1 aliphatic rings. The third-order valence-corrected chi connectivity index (χ3v) is 5.56. The summed E-state index contributed by atoms with van der Waals surface area (Å²) in [5.41, 5.74) is 8.24. The van der Waals surface area contributed by atoms with Gasteiger partial charge in [-0.15, -0.1) is 11.3 Å². The van der Waals surface area contributed by atoms with Crippen LogP contribution in [0.15, 0.2) is 71.4 Å². The number of hydrogen-bond acceptors (Lipinski definition) is 7. The van der Waals surface area contributed by atoms with E-state index in [1.165, 1.54) is 11.3 Å². The van der Waals surface area contributed by atoms with Crippen molar-refractivity contribution in [3.63, 3.8) is 0 Å². The Morgan fingerprint density at radius 2 is 1.97 bits per heavy atom. The lowest BCUT2D eigenvalue weighted by atomic mass is 9.88. The molecule has 7 heteroatoms. The second-order valence-electron chi connectivity index (χ2n) is 6.72. The van der Waals surface area contributed by atoms with Gasteiger partial charge in [-0.2, -0.15) is 5.26 Å². The van der Waals surface area contributed by atoms with E-state index in [2.05, 4.69) is 6.07 Å². The fourth-order valence-electron chi connectivity index (χ4n) is 3.18. The molecule has 0 bridgehead atoms. The zero-order valence-corrected chi connectivity index (χ0v) is 16.9. The first kappa shape index (κ1) is 19.6. The summed E-state index contributed by atoms with van der Waals surface area (Å²) in [5, 5.41) is 11.5. The van der Waals surface area contributed by atoms with E-state index in [0.29, 0.717) is 22.8 Å². The number of carbonyl (C=O) groups is 1. The largest absolute Gasteiger partial charge is 0.482 e. The summed E-state index contributed by atoms with van der Waals surface area (Å²) in [6.45, 7) is 1.75. The molecular formula is C23H18N2O4S. The van der Waals surface area contributed by atoms with Gasteiger partial charge in [0.2, 0.25) is 5.88 Å². The van der Waals surface area contributed by atoms with E-state index >= 15 is 0 Å². The van der Waals surface area contributed by atoms with Crippen molar-refractivity contribution in [3.8, 4) is 23.3 Å². The highest BCUT2D eigenvalue weighted by Crippen LogP contribution is 2.44. The molecule has 0 spiro atoms. The Balaban J connectivity index is 1.51. The smallest absolute Gasteiger partial charge is 0.349 e. The summed E-state index contributed by atoms with van der Waals surface area (Å²) in [5.74, 6) is 0.552. The van der Waals surface area contributed by atoms with Gasteiger partial charge in [-0.25, -0.2) is 4.79 Å². The number of carbonyl (C=O) groups excluding carboxylic acids is 1. The van der Waals surface area contributed by atoms with Crippen molar-refractivity contribution in [1.29, 1.82) is 5.26 Å². The highest BCUT2D eigenvalue weighted by Gasteiger charge is 2.31. The zero-order valence-electron chi connectivity index (χ0n) is 16.1. The van der Waals surface area contributed by atoms with Crippen LogP contribution in [0.4, 0.5) is 0 Å². The van der Waals surface area contributed by atoms with Gasteiger partial charge in [0.25, 0.3) is 0 Å². The first-order valence-corrected chi connectivity index (χ1v) is 10.1. The number of esters is 1. The molecule has 0 radical (unpaired) electrons. The van der Waals surface area contributed by atoms with Crippen LogP contribution in [0.25, 0.3) is 0 Å². The molecular weight excluding hydrogens is 400 g/mol. The number of ether oxygens (including phenoxy) is 3. The van der Waals surface area contributed by atoms with Gasteiger partial charge in [0.05, 0.1) is 5.92 Å². The van der Waals surface area contributed by atoms with Crippen molar-refractivity contribution >= 4 is 17.3 Å². The highest BCUT2D eigenvalue weighted by atomic mass is 32.1. The average molecular weight is 418 g/mol. The molecule has 0 aliphatic carbocycles. The van der Waals surface area contributed by atoms with E-state index in [1.54, 1.807) is 30.3 Å². The molecule has 2 N–H and O–H groups in total. The van der Waals surface area contributed by atoms with Gasteiger partial charge in [0.15, 0.2) is 6.61 Å². The van der Waals surface area contributed by atoms with E-state index in [4.69, 9.17) is 19.9 Å². The number of nitrogens with zero attached hydrogens (tertiary/aromatic N) is 1. The van der Waals surface area contributed by atoms with Crippen LogP contribution in [0, 0.1) is 18.3 Å². The minimum absolute atomic E-state index is 0.0505. The van der Waals surface area contributed by atoms with E-state index in [-0.39, 0.29) is 18.4 Å². The molecule has 0 amide bonds. The van der Waals surface area contributed by atoms with Crippen LogP contribution >= 0.6 is 11.3 Å². The number of rotatable bonds is 5. The van der Waals surface area contributed by atoms with Crippen LogP contribution in [0.1, 0.15) is 21.9 Å². The van der Waals surface area contributed by atoms with E-state index < -0.39 is 5.97 Å². The maximum Gasteiger partial charge on any atom is 0.349 e. The fourth-order valence-corrected chi connectivity index (χ4v) is 4.04. The third-order valence-electron chi connectivity index (χ3n) is 4.63. The molecule has 150 valence electrons. The molecule has 1 aliphatic heterocycles. The van der Waals surface area contributed by atoms with E-state index in [9.17, 15) is 10.1 Å². The van der Waals surface area contributed by atoms with E-state index in [1.807, 2.05) is 36.6 Å². The molecule has 0 fully saturated rings. The van der Waals surface area contributed by atoms with Crippen molar-refractivity contribution in [2.24, 2.45) is 5.73 Å². The second-order valence-corrected chi connectivity index (χ2v) is 7.69. The molecule has 0 saturated carbocycles. The number of benzene rings is 2. The Morgan fingerprint density at radius 1 is 1.20 bits per heavy atom. The Labute approximate surface area is 177 Å². The first-order valence-electron chi connectivity index (χ1n) is 9.20. The summed E-state index contributed by atoms with van der Waals surface area (Å²) in [7, 11) is 0. The number of fused-ring (bicyclic) bond motifs is 1. The van der Waals surface area contributed by atoms with Crippen LogP contribution in [0.2, 0.25) is 0 Å². The molecule has 4 rings (SSSR count). The number of hydrogen-bond donors (Lipinski definition) is 1. The molecule has 1 aromatic heterocycles. The van der Waals surface area contributed by atoms with Crippen molar-refractivity contribution in [1.82, 2.24) is 0 Å². The minimum Gasteiger partial charge on any atom is -0.482 e. The number of nitriles is 1. The van der Waals surface area contributed by atoms with Gasteiger partial charge in [-0.3, -0.25) is 0 Å². The quantitative estimate of drug-likeness (QED) is 0.491. The van der Waals surface area contributed by atoms with Crippen molar-refractivity contribution in [2.45, 2.75) is 12.8 Å². The summed E-state index contributed by atoms with van der Waals surface area (Å²) < 4.78 is 16.5. The molecule has 2 aromatic carbocycles. The number of nitrogens with two attached hydrogens (primary N) is 1. The Morgan fingerprint density at radius 3 is 2.67 bits per heavy atom. The number of aryl methyl sites for hydroxylation is 1. The van der Waals surface area contributed by atoms with Crippen LogP contribution in [0.3, 0.4) is 0 Å². The van der Waals surface area contributed by atoms with E-state index in [0.717, 1.165) is 16.0 Å². The Hall–Kier alpha value is -3.76. The molecule has 1 unspecified atom stereocenters. The average Bonchev–Trinajstić information content (AvgIpc) is 3.26. The summed E-state index contributed by atoms with van der Waals surface area (Å²) in [6.07, 6.45) is 0. The standard InChI is InChI=1S/C23H18N2O4S/c1-14-4-6-15(7-5-14)27-13-21(26)28-16-8-9-17-19(11-16)29-23(25)18(12-24)22(17)20-3-2-10-30-20/h2-11,22H,13,25H2,1H3. The molecule has 0 saturated heterocycles.